The molecule has 156 valence electrons. The first kappa shape index (κ1) is 20.0. The smallest absolute Gasteiger partial charge is 0.255 e. The Morgan fingerprint density at radius 1 is 1.23 bits per heavy atom. The first-order valence-electron chi connectivity index (χ1n) is 9.97. The minimum atomic E-state index is -0.563. The third kappa shape index (κ3) is 3.42. The third-order valence-corrected chi connectivity index (χ3v) is 5.57. The van der Waals surface area contributed by atoms with Crippen molar-refractivity contribution in [3.63, 3.8) is 0 Å². The zero-order chi connectivity index (χ0) is 21.6. The van der Waals surface area contributed by atoms with Gasteiger partial charge < -0.3 is 9.80 Å². The van der Waals surface area contributed by atoms with Gasteiger partial charge in [0.2, 0.25) is 5.91 Å². The van der Waals surface area contributed by atoms with Crippen LogP contribution in [-0.4, -0.2) is 62.6 Å². The summed E-state index contributed by atoms with van der Waals surface area (Å²) in [6.07, 6.45) is 3.54. The van der Waals surface area contributed by atoms with Crippen LogP contribution in [0.1, 0.15) is 37.2 Å². The number of rotatable bonds is 3. The Hall–Kier alpha value is -3.29. The highest BCUT2D eigenvalue weighted by Gasteiger charge is 2.33. The molecule has 3 heterocycles. The van der Waals surface area contributed by atoms with Crippen molar-refractivity contribution in [1.29, 1.82) is 0 Å². The molecule has 0 unspecified atom stereocenters. The van der Waals surface area contributed by atoms with Crippen molar-refractivity contribution in [2.24, 2.45) is 0 Å². The highest BCUT2D eigenvalue weighted by atomic mass is 19.1. The number of aromatic nitrogens is 3. The van der Waals surface area contributed by atoms with E-state index in [1.807, 2.05) is 20.0 Å². The fraction of sp³-hybridized carbons (Fsp3) is 0.364. The second-order valence-electron chi connectivity index (χ2n) is 7.95. The van der Waals surface area contributed by atoms with Crippen LogP contribution in [0, 0.1) is 5.82 Å². The first-order valence-corrected chi connectivity index (χ1v) is 9.97. The van der Waals surface area contributed by atoms with Crippen molar-refractivity contribution in [1.82, 2.24) is 24.6 Å². The van der Waals surface area contributed by atoms with Gasteiger partial charge in [-0.1, -0.05) is 0 Å². The SMILES string of the molecule is CC(C)n1cc(-c2cc(C(=O)N3CCN(C)C(=O)[C@H]3C)c3ccc(F)cc3n2)cn1. The number of nitrogens with zero attached hydrogens (tertiary/aromatic N) is 5. The number of amides is 2. The van der Waals surface area contributed by atoms with E-state index in [1.165, 1.54) is 12.1 Å². The molecule has 2 aromatic heterocycles. The summed E-state index contributed by atoms with van der Waals surface area (Å²) in [4.78, 5) is 33.6. The van der Waals surface area contributed by atoms with Crippen LogP contribution < -0.4 is 0 Å². The quantitative estimate of drug-likeness (QED) is 0.666. The minimum Gasteiger partial charge on any atom is -0.342 e. The third-order valence-electron chi connectivity index (χ3n) is 5.57. The molecule has 4 rings (SSSR count). The molecule has 1 aliphatic rings. The normalized spacial score (nSPS) is 17.3. The van der Waals surface area contributed by atoms with E-state index in [9.17, 15) is 14.0 Å². The van der Waals surface area contributed by atoms with Crippen molar-refractivity contribution in [3.05, 3.63) is 48.0 Å². The van der Waals surface area contributed by atoms with Crippen LogP contribution in [0.5, 0.6) is 0 Å². The molecule has 0 bridgehead atoms. The fourth-order valence-corrected chi connectivity index (χ4v) is 3.73. The Bertz CT molecular complexity index is 1140. The number of carbonyl (C=O) groups is 2. The van der Waals surface area contributed by atoms with E-state index in [2.05, 4.69) is 10.1 Å². The zero-order valence-electron chi connectivity index (χ0n) is 17.5. The highest BCUT2D eigenvalue weighted by molar-refractivity contribution is 6.08. The zero-order valence-corrected chi connectivity index (χ0v) is 17.5. The van der Waals surface area contributed by atoms with E-state index in [0.717, 1.165) is 5.56 Å². The monoisotopic (exact) mass is 409 g/mol. The average Bonchev–Trinajstić information content (AvgIpc) is 3.21. The maximum atomic E-state index is 13.9. The molecule has 7 nitrogen and oxygen atoms in total. The number of fused-ring (bicyclic) bond motifs is 1. The lowest BCUT2D eigenvalue weighted by Gasteiger charge is -2.37. The van der Waals surface area contributed by atoms with Gasteiger partial charge in [0.25, 0.3) is 5.91 Å². The maximum Gasteiger partial charge on any atom is 0.255 e. The topological polar surface area (TPSA) is 71.3 Å². The summed E-state index contributed by atoms with van der Waals surface area (Å²) < 4.78 is 15.7. The molecule has 0 spiro atoms. The van der Waals surface area contributed by atoms with Crippen molar-refractivity contribution < 1.29 is 14.0 Å². The number of halogens is 1. The highest BCUT2D eigenvalue weighted by Crippen LogP contribution is 2.28. The lowest BCUT2D eigenvalue weighted by atomic mass is 10.0. The van der Waals surface area contributed by atoms with E-state index in [1.54, 1.807) is 46.8 Å². The molecule has 1 atom stereocenters. The van der Waals surface area contributed by atoms with Crippen molar-refractivity contribution >= 4 is 22.7 Å². The van der Waals surface area contributed by atoms with Crippen LogP contribution in [0.25, 0.3) is 22.2 Å². The number of pyridine rings is 1. The summed E-state index contributed by atoms with van der Waals surface area (Å²) >= 11 is 0. The summed E-state index contributed by atoms with van der Waals surface area (Å²) in [5.74, 6) is -0.788. The van der Waals surface area contributed by atoms with Crippen molar-refractivity contribution in [3.8, 4) is 11.3 Å². The van der Waals surface area contributed by atoms with E-state index in [-0.39, 0.29) is 17.9 Å². The number of carbonyl (C=O) groups excluding carboxylic acids is 2. The lowest BCUT2D eigenvalue weighted by molar-refractivity contribution is -0.137. The Balaban J connectivity index is 1.83. The van der Waals surface area contributed by atoms with E-state index >= 15 is 0 Å². The summed E-state index contributed by atoms with van der Waals surface area (Å²) in [5.41, 5.74) is 2.07. The van der Waals surface area contributed by atoms with Crippen molar-refractivity contribution in [2.75, 3.05) is 20.1 Å². The molecule has 1 saturated heterocycles. The second-order valence-corrected chi connectivity index (χ2v) is 7.95. The molecule has 8 heteroatoms. The Morgan fingerprint density at radius 2 is 2.00 bits per heavy atom. The summed E-state index contributed by atoms with van der Waals surface area (Å²) in [6.45, 7) is 6.67. The van der Waals surface area contributed by atoms with Gasteiger partial charge >= 0.3 is 0 Å². The molecule has 0 saturated carbocycles. The molecule has 0 radical (unpaired) electrons. The predicted octanol–water partition coefficient (Wildman–Crippen LogP) is 3.12. The molecule has 1 aliphatic heterocycles. The number of piperazine rings is 1. The summed E-state index contributed by atoms with van der Waals surface area (Å²) in [5, 5.41) is 4.90. The van der Waals surface area contributed by atoms with Gasteiger partial charge in [0.05, 0.1) is 23.0 Å². The van der Waals surface area contributed by atoms with Gasteiger partial charge in [0, 0.05) is 49.4 Å². The Kier molecular flexibility index (Phi) is 5.01. The van der Waals surface area contributed by atoms with Gasteiger partial charge in [0.1, 0.15) is 11.9 Å². The van der Waals surface area contributed by atoms with Gasteiger partial charge in [-0.05, 0) is 39.0 Å². The summed E-state index contributed by atoms with van der Waals surface area (Å²) in [7, 11) is 1.73. The predicted molar refractivity (Wildman–Crippen MR) is 111 cm³/mol. The molecule has 1 aromatic carbocycles. The Labute approximate surface area is 174 Å². The number of benzene rings is 1. The van der Waals surface area contributed by atoms with Crippen LogP contribution >= 0.6 is 0 Å². The molecule has 2 amide bonds. The fourth-order valence-electron chi connectivity index (χ4n) is 3.73. The molecule has 0 N–H and O–H groups in total. The van der Waals surface area contributed by atoms with Crippen LogP contribution in [0.3, 0.4) is 0 Å². The van der Waals surface area contributed by atoms with E-state index in [4.69, 9.17) is 0 Å². The lowest BCUT2D eigenvalue weighted by Crippen LogP contribution is -2.56. The Morgan fingerprint density at radius 3 is 2.70 bits per heavy atom. The van der Waals surface area contributed by atoms with Gasteiger partial charge in [0.15, 0.2) is 0 Å². The number of hydrogen-bond acceptors (Lipinski definition) is 4. The van der Waals surface area contributed by atoms with E-state index in [0.29, 0.717) is 35.2 Å². The number of likely N-dealkylation sites (N-methyl/N-ethyl adjacent to an activating group) is 1. The average molecular weight is 409 g/mol. The van der Waals surface area contributed by atoms with E-state index < -0.39 is 11.9 Å². The molecule has 30 heavy (non-hydrogen) atoms. The van der Waals surface area contributed by atoms with Crippen LogP contribution in [0.4, 0.5) is 4.39 Å². The van der Waals surface area contributed by atoms with Crippen LogP contribution in [0.2, 0.25) is 0 Å². The standard InChI is InChI=1S/C22H24FN5O2/c1-13(2)28-12-15(11-24-28)19-10-18(17-6-5-16(23)9-20(17)25-19)22(30)27-8-7-26(4)21(29)14(27)3/h5-6,9-14H,7-8H2,1-4H3/t14-/m1/s1. The first-order chi connectivity index (χ1) is 14.3. The molecule has 0 aliphatic carbocycles. The van der Waals surface area contributed by atoms with Gasteiger partial charge in [-0.15, -0.1) is 0 Å². The van der Waals surface area contributed by atoms with Crippen molar-refractivity contribution in [2.45, 2.75) is 32.9 Å². The second kappa shape index (κ2) is 7.51. The molecular formula is C22H24FN5O2. The number of hydrogen-bond donors (Lipinski definition) is 0. The molecule has 3 aromatic rings. The largest absolute Gasteiger partial charge is 0.342 e. The molecule has 1 fully saturated rings. The molecular weight excluding hydrogens is 385 g/mol. The maximum absolute atomic E-state index is 13.9. The minimum absolute atomic E-state index is 0.0996. The van der Waals surface area contributed by atoms with Gasteiger partial charge in [-0.25, -0.2) is 9.37 Å². The van der Waals surface area contributed by atoms with Gasteiger partial charge in [-0.3, -0.25) is 14.3 Å². The summed E-state index contributed by atoms with van der Waals surface area (Å²) in [6, 6.07) is 5.52. The van der Waals surface area contributed by atoms with Crippen LogP contribution in [-0.2, 0) is 4.79 Å². The van der Waals surface area contributed by atoms with Gasteiger partial charge in [-0.2, -0.15) is 5.10 Å². The van der Waals surface area contributed by atoms with Crippen LogP contribution in [0.15, 0.2) is 36.7 Å².